The van der Waals surface area contributed by atoms with Crippen LogP contribution in [0.15, 0.2) is 53.5 Å². The van der Waals surface area contributed by atoms with Gasteiger partial charge in [-0.25, -0.2) is 9.97 Å². The average molecular weight is 483 g/mol. The van der Waals surface area contributed by atoms with Crippen molar-refractivity contribution in [2.45, 2.75) is 45.1 Å². The van der Waals surface area contributed by atoms with Crippen molar-refractivity contribution in [1.29, 1.82) is 0 Å². The van der Waals surface area contributed by atoms with Crippen LogP contribution in [0.3, 0.4) is 0 Å². The highest BCUT2D eigenvalue weighted by atomic mass is 79.9. The second kappa shape index (κ2) is 10.0. The van der Waals surface area contributed by atoms with Crippen LogP contribution in [0.2, 0.25) is 0 Å². The highest BCUT2D eigenvalue weighted by Crippen LogP contribution is 2.26. The highest BCUT2D eigenvalue weighted by molar-refractivity contribution is 9.10. The quantitative estimate of drug-likeness (QED) is 0.553. The number of halogens is 1. The number of aryl methyl sites for hydroxylation is 1. The molecule has 3 aromatic rings. The molecule has 1 atom stereocenters. The number of carbonyl (C=O) groups is 1. The summed E-state index contributed by atoms with van der Waals surface area (Å²) in [7, 11) is 0. The van der Waals surface area contributed by atoms with E-state index in [0.29, 0.717) is 18.9 Å². The number of imidazole rings is 1. The molecule has 1 N–H and O–H groups in total. The van der Waals surface area contributed by atoms with Crippen LogP contribution in [-0.2, 0) is 11.2 Å². The SMILES string of the molecule is Cc1cc(N2CCCCC2CC(=O)NCCc2ccc(Br)cc2)nc(-n2ccnc2)n1. The van der Waals surface area contributed by atoms with E-state index in [1.807, 2.05) is 35.9 Å². The van der Waals surface area contributed by atoms with Gasteiger partial charge >= 0.3 is 0 Å². The molecule has 0 saturated carbocycles. The first kappa shape index (κ1) is 21.5. The normalized spacial score (nSPS) is 16.3. The molecule has 4 rings (SSSR count). The molecule has 0 spiro atoms. The van der Waals surface area contributed by atoms with Crippen LogP contribution in [0.5, 0.6) is 0 Å². The summed E-state index contributed by atoms with van der Waals surface area (Å²) in [4.78, 5) is 28.3. The molecule has 0 bridgehead atoms. The molecule has 1 unspecified atom stereocenters. The molecule has 0 radical (unpaired) electrons. The Morgan fingerprint density at radius 2 is 2.06 bits per heavy atom. The second-order valence-corrected chi connectivity index (χ2v) is 8.83. The van der Waals surface area contributed by atoms with Gasteiger partial charge in [0.2, 0.25) is 11.9 Å². The molecule has 1 aliphatic heterocycles. The first-order valence-electron chi connectivity index (χ1n) is 10.7. The van der Waals surface area contributed by atoms with Gasteiger partial charge in [-0.3, -0.25) is 9.36 Å². The van der Waals surface area contributed by atoms with E-state index in [0.717, 1.165) is 48.2 Å². The fourth-order valence-corrected chi connectivity index (χ4v) is 4.24. The van der Waals surface area contributed by atoms with Crippen LogP contribution >= 0.6 is 15.9 Å². The number of anilines is 1. The van der Waals surface area contributed by atoms with Gasteiger partial charge in [-0.15, -0.1) is 0 Å². The Morgan fingerprint density at radius 3 is 2.84 bits per heavy atom. The van der Waals surface area contributed by atoms with Crippen LogP contribution < -0.4 is 10.2 Å². The Labute approximate surface area is 191 Å². The first-order chi connectivity index (χ1) is 15.1. The molecule has 1 fully saturated rings. The third kappa shape index (κ3) is 5.70. The number of nitrogens with zero attached hydrogens (tertiary/aromatic N) is 5. The highest BCUT2D eigenvalue weighted by Gasteiger charge is 2.26. The molecule has 2 aromatic heterocycles. The topological polar surface area (TPSA) is 75.9 Å². The fraction of sp³-hybridized carbons (Fsp3) is 0.391. The number of carbonyl (C=O) groups excluding carboxylic acids is 1. The van der Waals surface area contributed by atoms with E-state index in [-0.39, 0.29) is 11.9 Å². The largest absolute Gasteiger partial charge is 0.356 e. The molecule has 162 valence electrons. The van der Waals surface area contributed by atoms with Gasteiger partial charge in [0, 0.05) is 54.2 Å². The lowest BCUT2D eigenvalue weighted by molar-refractivity contribution is -0.121. The minimum absolute atomic E-state index is 0.0922. The van der Waals surface area contributed by atoms with Crippen molar-refractivity contribution < 1.29 is 4.79 Å². The van der Waals surface area contributed by atoms with Gasteiger partial charge in [-0.05, 0) is 50.3 Å². The molecule has 3 heterocycles. The maximum atomic E-state index is 12.7. The molecule has 0 aliphatic carbocycles. The van der Waals surface area contributed by atoms with Crippen LogP contribution in [0.4, 0.5) is 5.82 Å². The van der Waals surface area contributed by atoms with Crippen molar-refractivity contribution >= 4 is 27.7 Å². The maximum Gasteiger partial charge on any atom is 0.237 e. The van der Waals surface area contributed by atoms with Crippen molar-refractivity contribution in [2.75, 3.05) is 18.0 Å². The van der Waals surface area contributed by atoms with E-state index in [1.165, 1.54) is 5.56 Å². The Morgan fingerprint density at radius 1 is 1.23 bits per heavy atom. The summed E-state index contributed by atoms with van der Waals surface area (Å²) in [5.74, 6) is 1.58. The lowest BCUT2D eigenvalue weighted by Crippen LogP contribution is -2.43. The van der Waals surface area contributed by atoms with E-state index in [2.05, 4.69) is 48.2 Å². The third-order valence-electron chi connectivity index (χ3n) is 5.56. The zero-order chi connectivity index (χ0) is 21.6. The maximum absolute atomic E-state index is 12.7. The zero-order valence-electron chi connectivity index (χ0n) is 17.7. The van der Waals surface area contributed by atoms with E-state index in [4.69, 9.17) is 4.98 Å². The predicted octanol–water partition coefficient (Wildman–Crippen LogP) is 3.84. The molecule has 7 nitrogen and oxygen atoms in total. The summed E-state index contributed by atoms with van der Waals surface area (Å²) < 4.78 is 2.87. The Bertz CT molecular complexity index is 1010. The summed E-state index contributed by atoms with van der Waals surface area (Å²) >= 11 is 3.45. The Hall–Kier alpha value is -2.74. The minimum atomic E-state index is 0.0922. The number of rotatable bonds is 7. The van der Waals surface area contributed by atoms with Crippen LogP contribution in [0.1, 0.15) is 36.9 Å². The number of hydrogen-bond acceptors (Lipinski definition) is 5. The molecular formula is C23H27BrN6O. The first-order valence-corrected chi connectivity index (χ1v) is 11.5. The summed E-state index contributed by atoms with van der Waals surface area (Å²) in [6.07, 6.45) is 9.78. The van der Waals surface area contributed by atoms with E-state index >= 15 is 0 Å². The molecule has 1 aromatic carbocycles. The Kier molecular flexibility index (Phi) is 6.96. The second-order valence-electron chi connectivity index (χ2n) is 7.91. The minimum Gasteiger partial charge on any atom is -0.356 e. The molecular weight excluding hydrogens is 456 g/mol. The molecule has 1 saturated heterocycles. The third-order valence-corrected chi connectivity index (χ3v) is 6.08. The lowest BCUT2D eigenvalue weighted by atomic mass is 9.99. The number of nitrogens with one attached hydrogen (secondary N) is 1. The van der Waals surface area contributed by atoms with E-state index < -0.39 is 0 Å². The molecule has 1 amide bonds. The summed E-state index contributed by atoms with van der Waals surface area (Å²) in [5, 5.41) is 3.09. The van der Waals surface area contributed by atoms with Crippen molar-refractivity contribution in [3.05, 3.63) is 64.8 Å². The zero-order valence-corrected chi connectivity index (χ0v) is 19.3. The van der Waals surface area contributed by atoms with Gasteiger partial charge in [0.1, 0.15) is 12.1 Å². The van der Waals surface area contributed by atoms with Gasteiger partial charge in [-0.1, -0.05) is 28.1 Å². The number of aromatic nitrogens is 4. The molecule has 1 aliphatic rings. The van der Waals surface area contributed by atoms with Gasteiger partial charge in [-0.2, -0.15) is 4.98 Å². The summed E-state index contributed by atoms with van der Waals surface area (Å²) in [6, 6.07) is 10.4. The Balaban J connectivity index is 1.39. The van der Waals surface area contributed by atoms with E-state index in [1.54, 1.807) is 12.5 Å². The number of piperidine rings is 1. The van der Waals surface area contributed by atoms with Crippen molar-refractivity contribution in [2.24, 2.45) is 0 Å². The fourth-order valence-electron chi connectivity index (χ4n) is 3.97. The van der Waals surface area contributed by atoms with E-state index in [9.17, 15) is 4.79 Å². The average Bonchev–Trinajstić information content (AvgIpc) is 3.30. The van der Waals surface area contributed by atoms with Crippen LogP contribution in [0.25, 0.3) is 5.95 Å². The number of amides is 1. The summed E-state index contributed by atoms with van der Waals surface area (Å²) in [5.41, 5.74) is 2.11. The van der Waals surface area contributed by atoms with Crippen molar-refractivity contribution in [3.8, 4) is 5.95 Å². The van der Waals surface area contributed by atoms with Crippen molar-refractivity contribution in [3.63, 3.8) is 0 Å². The monoisotopic (exact) mass is 482 g/mol. The standard InChI is InChI=1S/C23H27BrN6O/c1-17-14-21(28-23(27-17)29-13-11-25-16-29)30-12-3-2-4-20(30)15-22(31)26-10-9-18-5-7-19(24)8-6-18/h5-8,11,13-14,16,20H,2-4,9-10,12,15H2,1H3,(H,26,31). The lowest BCUT2D eigenvalue weighted by Gasteiger charge is -2.36. The smallest absolute Gasteiger partial charge is 0.237 e. The van der Waals surface area contributed by atoms with Gasteiger partial charge in [0.25, 0.3) is 0 Å². The van der Waals surface area contributed by atoms with Crippen molar-refractivity contribution in [1.82, 2.24) is 24.8 Å². The predicted molar refractivity (Wildman–Crippen MR) is 124 cm³/mol. The summed E-state index contributed by atoms with van der Waals surface area (Å²) in [6.45, 7) is 3.51. The van der Waals surface area contributed by atoms with Gasteiger partial charge < -0.3 is 10.2 Å². The van der Waals surface area contributed by atoms with Gasteiger partial charge in [0.15, 0.2) is 0 Å². The van der Waals surface area contributed by atoms with Crippen LogP contribution in [0, 0.1) is 6.92 Å². The van der Waals surface area contributed by atoms with Crippen LogP contribution in [-0.4, -0.2) is 44.6 Å². The van der Waals surface area contributed by atoms with Gasteiger partial charge in [0.05, 0.1) is 0 Å². The molecule has 8 heteroatoms. The number of hydrogen-bond donors (Lipinski definition) is 1. The molecule has 31 heavy (non-hydrogen) atoms. The number of benzene rings is 1.